The number of rotatable bonds is 9. The Morgan fingerprint density at radius 2 is 2.05 bits per heavy atom. The van der Waals surface area contributed by atoms with E-state index in [0.717, 1.165) is 31.1 Å². The molecule has 1 heterocycles. The first-order valence-corrected chi connectivity index (χ1v) is 7.83. The van der Waals surface area contributed by atoms with Crippen LogP contribution in [0.4, 0.5) is 0 Å². The standard InChI is InChI=1S/C16H31N3/c1-6-10-17-15(11-13(3)4)8-9-16-12-14(5)18-19(16)7-2/h12-13,15,17H,6-11H2,1-5H3. The highest BCUT2D eigenvalue weighted by molar-refractivity contribution is 5.09. The van der Waals surface area contributed by atoms with Crippen molar-refractivity contribution in [1.29, 1.82) is 0 Å². The van der Waals surface area contributed by atoms with E-state index < -0.39 is 0 Å². The van der Waals surface area contributed by atoms with Crippen LogP contribution in [0.25, 0.3) is 0 Å². The normalized spacial score (nSPS) is 13.2. The largest absolute Gasteiger partial charge is 0.314 e. The summed E-state index contributed by atoms with van der Waals surface area (Å²) >= 11 is 0. The van der Waals surface area contributed by atoms with E-state index in [1.165, 1.54) is 25.0 Å². The van der Waals surface area contributed by atoms with E-state index in [1.54, 1.807) is 0 Å². The highest BCUT2D eigenvalue weighted by Crippen LogP contribution is 2.13. The minimum absolute atomic E-state index is 0.639. The molecule has 0 aromatic carbocycles. The van der Waals surface area contributed by atoms with Crippen molar-refractivity contribution in [2.75, 3.05) is 6.54 Å². The van der Waals surface area contributed by atoms with Gasteiger partial charge in [-0.1, -0.05) is 20.8 Å². The summed E-state index contributed by atoms with van der Waals surface area (Å²) in [5, 5.41) is 8.21. The lowest BCUT2D eigenvalue weighted by atomic mass is 9.98. The van der Waals surface area contributed by atoms with Crippen molar-refractivity contribution < 1.29 is 0 Å². The summed E-state index contributed by atoms with van der Waals surface area (Å²) in [4.78, 5) is 0. The third-order valence-corrected chi connectivity index (χ3v) is 3.47. The van der Waals surface area contributed by atoms with Crippen molar-refractivity contribution >= 4 is 0 Å². The zero-order valence-electron chi connectivity index (χ0n) is 13.4. The number of hydrogen-bond acceptors (Lipinski definition) is 2. The first kappa shape index (κ1) is 16.2. The summed E-state index contributed by atoms with van der Waals surface area (Å²) in [6.07, 6.45) is 4.81. The molecule has 110 valence electrons. The molecule has 0 saturated heterocycles. The molecule has 0 aliphatic heterocycles. The third kappa shape index (κ3) is 5.77. The van der Waals surface area contributed by atoms with E-state index in [2.05, 4.69) is 55.8 Å². The molecule has 1 N–H and O–H groups in total. The molecule has 1 aromatic heterocycles. The Bertz CT molecular complexity index is 355. The lowest BCUT2D eigenvalue weighted by Crippen LogP contribution is -2.31. The van der Waals surface area contributed by atoms with Gasteiger partial charge in [-0.3, -0.25) is 4.68 Å². The van der Waals surface area contributed by atoms with Crippen molar-refractivity contribution in [1.82, 2.24) is 15.1 Å². The molecule has 1 unspecified atom stereocenters. The van der Waals surface area contributed by atoms with Crippen LogP contribution in [-0.2, 0) is 13.0 Å². The van der Waals surface area contributed by atoms with E-state index in [9.17, 15) is 0 Å². The topological polar surface area (TPSA) is 29.9 Å². The van der Waals surface area contributed by atoms with Crippen LogP contribution >= 0.6 is 0 Å². The lowest BCUT2D eigenvalue weighted by molar-refractivity contribution is 0.395. The monoisotopic (exact) mass is 265 g/mol. The maximum Gasteiger partial charge on any atom is 0.0596 e. The van der Waals surface area contributed by atoms with Crippen LogP contribution < -0.4 is 5.32 Å². The summed E-state index contributed by atoms with van der Waals surface area (Å²) in [5.41, 5.74) is 2.52. The van der Waals surface area contributed by atoms with Crippen molar-refractivity contribution in [3.05, 3.63) is 17.5 Å². The van der Waals surface area contributed by atoms with Gasteiger partial charge in [-0.25, -0.2) is 0 Å². The molecule has 0 spiro atoms. The molecule has 0 aliphatic rings. The van der Waals surface area contributed by atoms with Gasteiger partial charge in [-0.2, -0.15) is 5.10 Å². The number of aromatic nitrogens is 2. The van der Waals surface area contributed by atoms with Gasteiger partial charge < -0.3 is 5.32 Å². The van der Waals surface area contributed by atoms with Gasteiger partial charge in [0.15, 0.2) is 0 Å². The Labute approximate surface area is 118 Å². The molecule has 1 aromatic rings. The number of nitrogens with one attached hydrogen (secondary N) is 1. The van der Waals surface area contributed by atoms with Gasteiger partial charge in [0.25, 0.3) is 0 Å². The average Bonchev–Trinajstić information content (AvgIpc) is 2.72. The zero-order chi connectivity index (χ0) is 14.3. The SMILES string of the molecule is CCCNC(CCc1cc(C)nn1CC)CC(C)C. The van der Waals surface area contributed by atoms with Gasteiger partial charge in [0.05, 0.1) is 5.69 Å². The molecule has 1 atom stereocenters. The van der Waals surface area contributed by atoms with E-state index >= 15 is 0 Å². The molecule has 19 heavy (non-hydrogen) atoms. The predicted octanol–water partition coefficient (Wildman–Crippen LogP) is 3.56. The van der Waals surface area contributed by atoms with Crippen LogP contribution in [0.15, 0.2) is 6.07 Å². The fourth-order valence-corrected chi connectivity index (χ4v) is 2.62. The average molecular weight is 265 g/mol. The second-order valence-corrected chi connectivity index (χ2v) is 5.91. The Kier molecular flexibility index (Phi) is 7.14. The second kappa shape index (κ2) is 8.36. The Balaban J connectivity index is 2.53. The Morgan fingerprint density at radius 3 is 2.63 bits per heavy atom. The summed E-state index contributed by atoms with van der Waals surface area (Å²) in [5.74, 6) is 0.757. The highest BCUT2D eigenvalue weighted by Gasteiger charge is 2.12. The van der Waals surface area contributed by atoms with Crippen LogP contribution in [-0.4, -0.2) is 22.4 Å². The molecule has 1 rings (SSSR count). The van der Waals surface area contributed by atoms with Crippen LogP contribution in [0.3, 0.4) is 0 Å². The molecular weight excluding hydrogens is 234 g/mol. The van der Waals surface area contributed by atoms with E-state index in [4.69, 9.17) is 0 Å². The summed E-state index contributed by atoms with van der Waals surface area (Å²) < 4.78 is 2.14. The minimum Gasteiger partial charge on any atom is -0.314 e. The van der Waals surface area contributed by atoms with Gasteiger partial charge >= 0.3 is 0 Å². The van der Waals surface area contributed by atoms with Crippen molar-refractivity contribution in [3.8, 4) is 0 Å². The van der Waals surface area contributed by atoms with Crippen LogP contribution in [0.5, 0.6) is 0 Å². The summed E-state index contributed by atoms with van der Waals surface area (Å²) in [7, 11) is 0. The quantitative estimate of drug-likeness (QED) is 0.740. The maximum atomic E-state index is 4.53. The smallest absolute Gasteiger partial charge is 0.0596 e. The van der Waals surface area contributed by atoms with Crippen LogP contribution in [0.2, 0.25) is 0 Å². The third-order valence-electron chi connectivity index (χ3n) is 3.47. The minimum atomic E-state index is 0.639. The molecule has 0 fully saturated rings. The van der Waals surface area contributed by atoms with E-state index in [-0.39, 0.29) is 0 Å². The Morgan fingerprint density at radius 1 is 1.32 bits per heavy atom. The molecule has 0 aliphatic carbocycles. The predicted molar refractivity (Wildman–Crippen MR) is 82.5 cm³/mol. The van der Waals surface area contributed by atoms with Gasteiger partial charge in [0.1, 0.15) is 0 Å². The number of aryl methyl sites for hydroxylation is 3. The molecule has 0 bridgehead atoms. The van der Waals surface area contributed by atoms with Gasteiger partial charge in [-0.05, 0) is 58.1 Å². The summed E-state index contributed by atoms with van der Waals surface area (Å²) in [6, 6.07) is 2.87. The van der Waals surface area contributed by atoms with Crippen LogP contribution in [0.1, 0.15) is 58.3 Å². The first-order chi connectivity index (χ1) is 9.06. The van der Waals surface area contributed by atoms with Crippen molar-refractivity contribution in [3.63, 3.8) is 0 Å². The molecule has 3 heteroatoms. The lowest BCUT2D eigenvalue weighted by Gasteiger charge is -2.20. The van der Waals surface area contributed by atoms with Crippen LogP contribution in [0, 0.1) is 12.8 Å². The summed E-state index contributed by atoms with van der Waals surface area (Å²) in [6.45, 7) is 13.2. The number of nitrogens with zero attached hydrogens (tertiary/aromatic N) is 2. The fraction of sp³-hybridized carbons (Fsp3) is 0.812. The Hall–Kier alpha value is -0.830. The molecule has 0 radical (unpaired) electrons. The van der Waals surface area contributed by atoms with Crippen molar-refractivity contribution in [2.45, 2.75) is 72.9 Å². The van der Waals surface area contributed by atoms with E-state index in [0.29, 0.717) is 6.04 Å². The second-order valence-electron chi connectivity index (χ2n) is 5.91. The van der Waals surface area contributed by atoms with Gasteiger partial charge in [-0.15, -0.1) is 0 Å². The fourth-order valence-electron chi connectivity index (χ4n) is 2.62. The molecular formula is C16H31N3. The maximum absolute atomic E-state index is 4.53. The van der Waals surface area contributed by atoms with Gasteiger partial charge in [0, 0.05) is 18.3 Å². The zero-order valence-corrected chi connectivity index (χ0v) is 13.4. The first-order valence-electron chi connectivity index (χ1n) is 7.83. The van der Waals surface area contributed by atoms with Crippen molar-refractivity contribution in [2.24, 2.45) is 5.92 Å². The number of hydrogen-bond donors (Lipinski definition) is 1. The van der Waals surface area contributed by atoms with E-state index in [1.807, 2.05) is 0 Å². The van der Waals surface area contributed by atoms with Gasteiger partial charge in [0.2, 0.25) is 0 Å². The highest BCUT2D eigenvalue weighted by atomic mass is 15.3. The molecule has 3 nitrogen and oxygen atoms in total. The molecule has 0 amide bonds. The molecule has 0 saturated carbocycles.